The van der Waals surface area contributed by atoms with Crippen molar-refractivity contribution in [2.24, 2.45) is 0 Å². The zero-order valence-corrected chi connectivity index (χ0v) is 15.5. The number of ether oxygens (including phenoxy) is 2. The molecule has 0 saturated carbocycles. The Bertz CT molecular complexity index is 576. The van der Waals surface area contributed by atoms with Gasteiger partial charge >= 0.3 is 11.9 Å². The van der Waals surface area contributed by atoms with Crippen LogP contribution in [0.15, 0.2) is 54.9 Å². The molecule has 1 aromatic carbocycles. The number of pyridine rings is 1. The van der Waals surface area contributed by atoms with Gasteiger partial charge in [-0.15, -0.1) is 0 Å². The number of nitrogens with zero attached hydrogens (tertiary/aromatic N) is 1. The third-order valence-corrected chi connectivity index (χ3v) is 3.40. The summed E-state index contributed by atoms with van der Waals surface area (Å²) in [6, 6.07) is 12.3. The molecule has 0 radical (unpaired) electrons. The predicted molar refractivity (Wildman–Crippen MR) is 101 cm³/mol. The molecular weight excluding hydrogens is 330 g/mol. The summed E-state index contributed by atoms with van der Waals surface area (Å²) in [6.45, 7) is 4.78. The largest absolute Gasteiger partial charge is 0.462 e. The molecule has 0 unspecified atom stereocenters. The van der Waals surface area contributed by atoms with E-state index in [1.165, 1.54) is 0 Å². The highest BCUT2D eigenvalue weighted by Crippen LogP contribution is 2.12. The smallest absolute Gasteiger partial charge is 0.339 e. The van der Waals surface area contributed by atoms with E-state index in [9.17, 15) is 9.59 Å². The van der Waals surface area contributed by atoms with Crippen molar-refractivity contribution in [3.05, 3.63) is 66.0 Å². The molecule has 5 heteroatoms. The van der Waals surface area contributed by atoms with E-state index in [0.29, 0.717) is 13.2 Å². The molecular formula is C21H27NO4. The molecule has 0 saturated heterocycles. The van der Waals surface area contributed by atoms with Gasteiger partial charge in [-0.3, -0.25) is 4.98 Å². The van der Waals surface area contributed by atoms with Crippen LogP contribution in [0.4, 0.5) is 0 Å². The number of esters is 2. The molecule has 5 nitrogen and oxygen atoms in total. The van der Waals surface area contributed by atoms with Crippen LogP contribution in [-0.2, 0) is 9.47 Å². The van der Waals surface area contributed by atoms with E-state index in [1.807, 2.05) is 32.0 Å². The topological polar surface area (TPSA) is 65.5 Å². The Kier molecular flexibility index (Phi) is 11.2. The first-order chi connectivity index (χ1) is 12.7. The van der Waals surface area contributed by atoms with Crippen molar-refractivity contribution in [3.63, 3.8) is 0 Å². The average molecular weight is 357 g/mol. The molecule has 2 aromatic rings. The van der Waals surface area contributed by atoms with Gasteiger partial charge in [0.25, 0.3) is 0 Å². The number of hydrogen-bond donors (Lipinski definition) is 0. The molecule has 0 amide bonds. The highest BCUT2D eigenvalue weighted by atomic mass is 16.5. The first-order valence-electron chi connectivity index (χ1n) is 8.99. The monoisotopic (exact) mass is 357 g/mol. The van der Waals surface area contributed by atoms with E-state index in [4.69, 9.17) is 9.47 Å². The first kappa shape index (κ1) is 21.4. The summed E-state index contributed by atoms with van der Waals surface area (Å²) in [5.41, 5.74) is 0.537. The molecule has 26 heavy (non-hydrogen) atoms. The highest BCUT2D eigenvalue weighted by Gasteiger charge is 2.18. The lowest BCUT2D eigenvalue weighted by molar-refractivity contribution is 0.0452. The second kappa shape index (κ2) is 13.6. The van der Waals surface area contributed by atoms with Crippen molar-refractivity contribution in [3.8, 4) is 0 Å². The molecule has 0 spiro atoms. The minimum atomic E-state index is -0.471. The van der Waals surface area contributed by atoms with Crippen LogP contribution in [0, 0.1) is 0 Å². The maximum Gasteiger partial charge on any atom is 0.339 e. The van der Waals surface area contributed by atoms with Crippen molar-refractivity contribution in [1.82, 2.24) is 4.98 Å². The summed E-state index contributed by atoms with van der Waals surface area (Å²) in [6.07, 6.45) is 7.03. The summed E-state index contributed by atoms with van der Waals surface area (Å²) in [5, 5.41) is 0. The van der Waals surface area contributed by atoms with Crippen molar-refractivity contribution in [2.75, 3.05) is 13.2 Å². The van der Waals surface area contributed by atoms with Crippen LogP contribution in [0.2, 0.25) is 0 Å². The summed E-state index contributed by atoms with van der Waals surface area (Å²) in [7, 11) is 0. The van der Waals surface area contributed by atoms with Gasteiger partial charge in [0, 0.05) is 12.4 Å². The minimum absolute atomic E-state index is 0.269. The number of carbonyl (C=O) groups is 2. The molecule has 0 atom stereocenters. The van der Waals surface area contributed by atoms with Crippen LogP contribution < -0.4 is 0 Å². The minimum Gasteiger partial charge on any atom is -0.462 e. The number of rotatable bonds is 8. The fourth-order valence-corrected chi connectivity index (χ4v) is 1.93. The van der Waals surface area contributed by atoms with E-state index in [-0.39, 0.29) is 11.1 Å². The normalized spacial score (nSPS) is 9.62. The van der Waals surface area contributed by atoms with Crippen molar-refractivity contribution >= 4 is 11.9 Å². The zero-order valence-electron chi connectivity index (χ0n) is 15.5. The van der Waals surface area contributed by atoms with Crippen molar-refractivity contribution in [2.45, 2.75) is 39.5 Å². The molecule has 0 N–H and O–H groups in total. The molecule has 0 aliphatic carbocycles. The second-order valence-electron chi connectivity index (χ2n) is 5.55. The molecule has 2 rings (SSSR count). The third-order valence-electron chi connectivity index (χ3n) is 3.40. The standard InChI is InChI=1S/C16H22O4.C5H5N/c1-3-5-11-19-15(17)13-9-7-8-10-14(13)16(18)20-12-6-4-2;1-2-4-6-5-3-1/h7-10H,3-6,11-12H2,1-2H3;1-5H. The van der Waals surface area contributed by atoms with E-state index in [0.717, 1.165) is 25.7 Å². The van der Waals surface area contributed by atoms with E-state index in [2.05, 4.69) is 4.98 Å². The van der Waals surface area contributed by atoms with Crippen LogP contribution in [0.3, 0.4) is 0 Å². The van der Waals surface area contributed by atoms with Gasteiger partial charge in [0.15, 0.2) is 0 Å². The van der Waals surface area contributed by atoms with Crippen LogP contribution in [0.1, 0.15) is 60.2 Å². The summed E-state index contributed by atoms with van der Waals surface area (Å²) >= 11 is 0. The van der Waals surface area contributed by atoms with Gasteiger partial charge in [-0.2, -0.15) is 0 Å². The first-order valence-corrected chi connectivity index (χ1v) is 8.99. The fourth-order valence-electron chi connectivity index (χ4n) is 1.93. The second-order valence-corrected chi connectivity index (χ2v) is 5.55. The Labute approximate surface area is 155 Å². The molecule has 0 fully saturated rings. The van der Waals surface area contributed by atoms with Gasteiger partial charge in [0.1, 0.15) is 0 Å². The van der Waals surface area contributed by atoms with E-state index in [1.54, 1.807) is 36.7 Å². The Morgan fingerprint density at radius 2 is 1.23 bits per heavy atom. The van der Waals surface area contributed by atoms with Gasteiger partial charge < -0.3 is 9.47 Å². The molecule has 0 bridgehead atoms. The summed E-state index contributed by atoms with van der Waals surface area (Å²) in [4.78, 5) is 27.7. The third kappa shape index (κ3) is 8.42. The number of unbranched alkanes of at least 4 members (excludes halogenated alkanes) is 2. The van der Waals surface area contributed by atoms with E-state index >= 15 is 0 Å². The van der Waals surface area contributed by atoms with Gasteiger partial charge in [0.05, 0.1) is 24.3 Å². The van der Waals surface area contributed by atoms with Gasteiger partial charge in [-0.05, 0) is 37.1 Å². The predicted octanol–water partition coefficient (Wildman–Crippen LogP) is 4.68. The van der Waals surface area contributed by atoms with Crippen LogP contribution in [0.5, 0.6) is 0 Å². The molecule has 1 aromatic heterocycles. The maximum absolute atomic E-state index is 11.9. The lowest BCUT2D eigenvalue weighted by Gasteiger charge is -2.09. The van der Waals surface area contributed by atoms with Gasteiger partial charge in [0.2, 0.25) is 0 Å². The lowest BCUT2D eigenvalue weighted by Crippen LogP contribution is -2.14. The fraction of sp³-hybridized carbons (Fsp3) is 0.381. The Morgan fingerprint density at radius 3 is 1.54 bits per heavy atom. The maximum atomic E-state index is 11.9. The summed E-state index contributed by atoms with van der Waals surface area (Å²) in [5.74, 6) is -0.942. The molecule has 1 heterocycles. The quantitative estimate of drug-likeness (QED) is 0.507. The van der Waals surface area contributed by atoms with Crippen LogP contribution in [0.25, 0.3) is 0 Å². The Balaban J connectivity index is 0.000000472. The van der Waals surface area contributed by atoms with E-state index < -0.39 is 11.9 Å². The SMILES string of the molecule is CCCCOC(=O)c1ccccc1C(=O)OCCCC.c1ccncc1. The molecule has 0 aliphatic rings. The Hall–Kier alpha value is -2.69. The van der Waals surface area contributed by atoms with Crippen molar-refractivity contribution < 1.29 is 19.1 Å². The zero-order chi connectivity index (χ0) is 19.0. The van der Waals surface area contributed by atoms with Crippen LogP contribution in [-0.4, -0.2) is 30.1 Å². The summed E-state index contributed by atoms with van der Waals surface area (Å²) < 4.78 is 10.3. The number of hydrogen-bond acceptors (Lipinski definition) is 5. The van der Waals surface area contributed by atoms with Crippen LogP contribution >= 0.6 is 0 Å². The number of benzene rings is 1. The average Bonchev–Trinajstić information content (AvgIpc) is 2.70. The molecule has 0 aliphatic heterocycles. The van der Waals surface area contributed by atoms with Gasteiger partial charge in [-0.25, -0.2) is 9.59 Å². The lowest BCUT2D eigenvalue weighted by atomic mass is 10.1. The molecule has 140 valence electrons. The van der Waals surface area contributed by atoms with Gasteiger partial charge in [-0.1, -0.05) is 44.9 Å². The number of carbonyl (C=O) groups excluding carboxylic acids is 2. The Morgan fingerprint density at radius 1 is 0.769 bits per heavy atom. The number of aromatic nitrogens is 1. The van der Waals surface area contributed by atoms with Crippen molar-refractivity contribution in [1.29, 1.82) is 0 Å². The highest BCUT2D eigenvalue weighted by molar-refractivity contribution is 6.03.